The number of carbonyl (C=O) groups is 1. The number of amides is 1. The van der Waals surface area contributed by atoms with E-state index in [-0.39, 0.29) is 5.91 Å². The average molecular weight is 283 g/mol. The highest BCUT2D eigenvalue weighted by Gasteiger charge is 2.17. The van der Waals surface area contributed by atoms with Gasteiger partial charge in [-0.25, -0.2) is 0 Å². The van der Waals surface area contributed by atoms with Crippen molar-refractivity contribution in [2.24, 2.45) is 0 Å². The molecule has 3 nitrogen and oxygen atoms in total. The topological polar surface area (TPSA) is 46.3 Å². The van der Waals surface area contributed by atoms with Gasteiger partial charge >= 0.3 is 0 Å². The van der Waals surface area contributed by atoms with Gasteiger partial charge in [-0.15, -0.1) is 0 Å². The molecular formula is C12H15BrN2O. The molecule has 0 bridgehead atoms. The third kappa shape index (κ3) is 2.55. The molecule has 2 rings (SSSR count). The smallest absolute Gasteiger partial charge is 0.222 e. The number of rotatable bonds is 2. The number of halogens is 1. The van der Waals surface area contributed by atoms with Crippen molar-refractivity contribution in [3.63, 3.8) is 0 Å². The maximum Gasteiger partial charge on any atom is 0.222 e. The van der Waals surface area contributed by atoms with Gasteiger partial charge in [0.2, 0.25) is 5.91 Å². The van der Waals surface area contributed by atoms with Crippen LogP contribution in [-0.2, 0) is 11.3 Å². The lowest BCUT2D eigenvalue weighted by molar-refractivity contribution is -0.133. The molecule has 1 aromatic carbocycles. The normalized spacial score (nSPS) is 16.6. The molecule has 16 heavy (non-hydrogen) atoms. The van der Waals surface area contributed by atoms with E-state index in [4.69, 9.17) is 5.73 Å². The first kappa shape index (κ1) is 11.5. The summed E-state index contributed by atoms with van der Waals surface area (Å²) in [4.78, 5) is 13.5. The highest BCUT2D eigenvalue weighted by molar-refractivity contribution is 9.10. The van der Waals surface area contributed by atoms with E-state index in [0.717, 1.165) is 35.1 Å². The molecule has 1 aromatic rings. The van der Waals surface area contributed by atoms with Gasteiger partial charge in [-0.3, -0.25) is 4.79 Å². The van der Waals surface area contributed by atoms with Crippen molar-refractivity contribution >= 4 is 27.5 Å². The molecule has 4 heteroatoms. The Morgan fingerprint density at radius 1 is 1.38 bits per heavy atom. The largest absolute Gasteiger partial charge is 0.398 e. The third-order valence-electron chi connectivity index (χ3n) is 2.86. The summed E-state index contributed by atoms with van der Waals surface area (Å²) in [7, 11) is 0. The van der Waals surface area contributed by atoms with E-state index in [1.165, 1.54) is 0 Å². The number of nitrogens with zero attached hydrogens (tertiary/aromatic N) is 1. The van der Waals surface area contributed by atoms with Gasteiger partial charge in [-0.05, 0) is 46.5 Å². The van der Waals surface area contributed by atoms with Crippen LogP contribution >= 0.6 is 15.9 Å². The molecule has 0 radical (unpaired) electrons. The van der Waals surface area contributed by atoms with Crippen LogP contribution in [0.15, 0.2) is 22.7 Å². The minimum absolute atomic E-state index is 0.257. The fraction of sp³-hybridized carbons (Fsp3) is 0.417. The molecular weight excluding hydrogens is 268 g/mol. The Morgan fingerprint density at radius 2 is 2.19 bits per heavy atom. The third-order valence-corrected chi connectivity index (χ3v) is 3.58. The lowest BCUT2D eigenvalue weighted by Crippen LogP contribution is -2.34. The first-order valence-corrected chi connectivity index (χ1v) is 6.28. The molecule has 1 fully saturated rings. The summed E-state index contributed by atoms with van der Waals surface area (Å²) >= 11 is 3.36. The van der Waals surface area contributed by atoms with Gasteiger partial charge in [0, 0.05) is 29.7 Å². The van der Waals surface area contributed by atoms with Crippen LogP contribution < -0.4 is 5.73 Å². The molecule has 1 heterocycles. The number of nitrogens with two attached hydrogens (primary N) is 1. The minimum Gasteiger partial charge on any atom is -0.398 e. The van der Waals surface area contributed by atoms with Gasteiger partial charge in [0.15, 0.2) is 0 Å². The number of hydrogen-bond donors (Lipinski definition) is 1. The van der Waals surface area contributed by atoms with Crippen molar-refractivity contribution in [3.8, 4) is 0 Å². The van der Waals surface area contributed by atoms with Gasteiger partial charge in [-0.2, -0.15) is 0 Å². The van der Waals surface area contributed by atoms with Crippen LogP contribution in [0.25, 0.3) is 0 Å². The molecule has 0 aromatic heterocycles. The highest BCUT2D eigenvalue weighted by Crippen LogP contribution is 2.22. The first-order valence-electron chi connectivity index (χ1n) is 5.48. The van der Waals surface area contributed by atoms with Crippen molar-refractivity contribution in [3.05, 3.63) is 28.2 Å². The summed E-state index contributed by atoms with van der Waals surface area (Å²) in [5, 5.41) is 0. The van der Waals surface area contributed by atoms with Crippen molar-refractivity contribution in [2.45, 2.75) is 25.8 Å². The Kier molecular flexibility index (Phi) is 3.49. The van der Waals surface area contributed by atoms with Gasteiger partial charge < -0.3 is 10.6 Å². The summed E-state index contributed by atoms with van der Waals surface area (Å²) in [6, 6.07) is 5.85. The zero-order valence-corrected chi connectivity index (χ0v) is 10.7. The fourth-order valence-corrected chi connectivity index (χ4v) is 2.19. The number of benzene rings is 1. The SMILES string of the molecule is Nc1cc(CN2CCCCC2=O)ccc1Br. The molecule has 1 amide bonds. The van der Waals surface area contributed by atoms with Crippen molar-refractivity contribution < 1.29 is 4.79 Å². The summed E-state index contributed by atoms with van der Waals surface area (Å²) < 4.78 is 0.904. The summed E-state index contributed by atoms with van der Waals surface area (Å²) in [5.74, 6) is 0.257. The molecule has 0 atom stereocenters. The highest BCUT2D eigenvalue weighted by atomic mass is 79.9. The average Bonchev–Trinajstić information content (AvgIpc) is 2.27. The van der Waals surface area contributed by atoms with Crippen molar-refractivity contribution in [1.82, 2.24) is 4.90 Å². The van der Waals surface area contributed by atoms with Gasteiger partial charge in [0.25, 0.3) is 0 Å². The Labute approximate surface area is 104 Å². The van der Waals surface area contributed by atoms with E-state index in [1.807, 2.05) is 23.1 Å². The summed E-state index contributed by atoms with van der Waals surface area (Å²) in [5.41, 5.74) is 7.63. The van der Waals surface area contributed by atoms with Gasteiger partial charge in [0.05, 0.1) is 0 Å². The molecule has 1 saturated heterocycles. The quantitative estimate of drug-likeness (QED) is 0.848. The number of carbonyl (C=O) groups excluding carboxylic acids is 1. The van der Waals surface area contributed by atoms with Crippen LogP contribution in [0.5, 0.6) is 0 Å². The first-order chi connectivity index (χ1) is 7.66. The predicted octanol–water partition coefficient (Wildman–Crippen LogP) is 2.54. The van der Waals surface area contributed by atoms with Crippen LogP contribution in [-0.4, -0.2) is 17.4 Å². The number of likely N-dealkylation sites (tertiary alicyclic amines) is 1. The second-order valence-corrected chi connectivity index (χ2v) is 4.98. The van der Waals surface area contributed by atoms with Crippen LogP contribution in [0.3, 0.4) is 0 Å². The van der Waals surface area contributed by atoms with E-state index in [9.17, 15) is 4.79 Å². The minimum atomic E-state index is 0.257. The van der Waals surface area contributed by atoms with Gasteiger partial charge in [0.1, 0.15) is 0 Å². The second-order valence-electron chi connectivity index (χ2n) is 4.13. The Bertz CT molecular complexity index is 406. The molecule has 0 aliphatic carbocycles. The Hall–Kier alpha value is -1.03. The monoisotopic (exact) mass is 282 g/mol. The lowest BCUT2D eigenvalue weighted by Gasteiger charge is -2.26. The zero-order valence-electron chi connectivity index (χ0n) is 9.08. The van der Waals surface area contributed by atoms with Crippen LogP contribution in [0.1, 0.15) is 24.8 Å². The van der Waals surface area contributed by atoms with E-state index < -0.39 is 0 Å². The molecule has 0 saturated carbocycles. The Balaban J connectivity index is 2.08. The van der Waals surface area contributed by atoms with Crippen LogP contribution in [0, 0.1) is 0 Å². The number of piperidine rings is 1. The summed E-state index contributed by atoms with van der Waals surface area (Å²) in [6.45, 7) is 1.55. The molecule has 0 spiro atoms. The summed E-state index contributed by atoms with van der Waals surface area (Å²) in [6.07, 6.45) is 2.82. The number of nitrogen functional groups attached to an aromatic ring is 1. The van der Waals surface area contributed by atoms with Crippen molar-refractivity contribution in [1.29, 1.82) is 0 Å². The Morgan fingerprint density at radius 3 is 2.88 bits per heavy atom. The maximum atomic E-state index is 11.6. The molecule has 2 N–H and O–H groups in total. The molecule has 0 unspecified atom stereocenters. The second kappa shape index (κ2) is 4.87. The van der Waals surface area contributed by atoms with Crippen LogP contribution in [0.4, 0.5) is 5.69 Å². The molecule has 1 aliphatic heterocycles. The lowest BCUT2D eigenvalue weighted by atomic mass is 10.1. The number of hydrogen-bond acceptors (Lipinski definition) is 2. The van der Waals surface area contributed by atoms with E-state index >= 15 is 0 Å². The van der Waals surface area contributed by atoms with Crippen LogP contribution in [0.2, 0.25) is 0 Å². The number of anilines is 1. The maximum absolute atomic E-state index is 11.6. The van der Waals surface area contributed by atoms with Gasteiger partial charge in [-0.1, -0.05) is 6.07 Å². The molecule has 1 aliphatic rings. The standard InChI is InChI=1S/C12H15BrN2O/c13-10-5-4-9(7-11(10)14)8-15-6-2-1-3-12(15)16/h4-5,7H,1-3,6,8,14H2. The van der Waals surface area contributed by atoms with E-state index in [1.54, 1.807) is 0 Å². The molecule has 86 valence electrons. The van der Waals surface area contributed by atoms with E-state index in [2.05, 4.69) is 15.9 Å². The van der Waals surface area contributed by atoms with Crippen molar-refractivity contribution in [2.75, 3.05) is 12.3 Å². The predicted molar refractivity (Wildman–Crippen MR) is 67.8 cm³/mol. The fourth-order valence-electron chi connectivity index (χ4n) is 1.94. The zero-order chi connectivity index (χ0) is 11.5. The van der Waals surface area contributed by atoms with E-state index in [0.29, 0.717) is 13.0 Å².